The third-order valence-corrected chi connectivity index (χ3v) is 2.13. The van der Waals surface area contributed by atoms with Gasteiger partial charge in [0.2, 0.25) is 0 Å². The molecule has 0 spiro atoms. The van der Waals surface area contributed by atoms with Crippen LogP contribution in [0.5, 0.6) is 0 Å². The lowest BCUT2D eigenvalue weighted by Crippen LogP contribution is -2.11. The van der Waals surface area contributed by atoms with Gasteiger partial charge in [-0.3, -0.25) is 0 Å². The maximum absolute atomic E-state index is 11.6. The third kappa shape index (κ3) is 1.95. The first-order valence-electron chi connectivity index (χ1n) is 5.09. The molecule has 16 heavy (non-hydrogen) atoms. The SMILES string of the molecule is CCOC(=O)c1ccnn1-c1ccccc1. The Hall–Kier alpha value is -2.10. The number of hydrogen-bond donors (Lipinski definition) is 0. The highest BCUT2D eigenvalue weighted by Crippen LogP contribution is 2.10. The summed E-state index contributed by atoms with van der Waals surface area (Å²) in [4.78, 5) is 11.6. The highest BCUT2D eigenvalue weighted by molar-refractivity contribution is 5.88. The fourth-order valence-electron chi connectivity index (χ4n) is 1.44. The standard InChI is InChI=1S/C12H12N2O2/c1-2-16-12(15)11-8-9-13-14(11)10-6-4-3-5-7-10/h3-9H,2H2,1H3. The van der Waals surface area contributed by atoms with Crippen LogP contribution < -0.4 is 0 Å². The summed E-state index contributed by atoms with van der Waals surface area (Å²) in [7, 11) is 0. The second kappa shape index (κ2) is 4.61. The second-order valence-corrected chi connectivity index (χ2v) is 3.18. The van der Waals surface area contributed by atoms with Crippen molar-refractivity contribution < 1.29 is 9.53 Å². The molecule has 0 atom stereocenters. The molecule has 2 rings (SSSR count). The van der Waals surface area contributed by atoms with E-state index >= 15 is 0 Å². The first kappa shape index (κ1) is 10.4. The lowest BCUT2D eigenvalue weighted by molar-refractivity contribution is 0.0516. The summed E-state index contributed by atoms with van der Waals surface area (Å²) in [5, 5.41) is 4.11. The zero-order valence-corrected chi connectivity index (χ0v) is 8.96. The molecule has 0 bridgehead atoms. The number of para-hydroxylation sites is 1. The summed E-state index contributed by atoms with van der Waals surface area (Å²) in [6.07, 6.45) is 1.58. The van der Waals surface area contributed by atoms with Crippen molar-refractivity contribution in [1.29, 1.82) is 0 Å². The van der Waals surface area contributed by atoms with Crippen LogP contribution in [0.1, 0.15) is 17.4 Å². The van der Waals surface area contributed by atoms with Crippen LogP contribution in [-0.2, 0) is 4.74 Å². The normalized spacial score (nSPS) is 10.1. The van der Waals surface area contributed by atoms with Gasteiger partial charge >= 0.3 is 5.97 Å². The predicted octanol–water partition coefficient (Wildman–Crippen LogP) is 2.05. The van der Waals surface area contributed by atoms with Gasteiger partial charge in [-0.05, 0) is 25.1 Å². The van der Waals surface area contributed by atoms with Gasteiger partial charge in [-0.15, -0.1) is 0 Å². The number of carbonyl (C=O) groups excluding carboxylic acids is 1. The van der Waals surface area contributed by atoms with E-state index in [1.165, 1.54) is 0 Å². The van der Waals surface area contributed by atoms with Gasteiger partial charge in [-0.1, -0.05) is 18.2 Å². The van der Waals surface area contributed by atoms with Crippen molar-refractivity contribution in [3.05, 3.63) is 48.3 Å². The zero-order chi connectivity index (χ0) is 11.4. The van der Waals surface area contributed by atoms with E-state index < -0.39 is 0 Å². The Morgan fingerprint density at radius 1 is 1.31 bits per heavy atom. The number of hydrogen-bond acceptors (Lipinski definition) is 3. The molecular weight excluding hydrogens is 204 g/mol. The summed E-state index contributed by atoms with van der Waals surface area (Å²) >= 11 is 0. The molecule has 0 N–H and O–H groups in total. The average molecular weight is 216 g/mol. The maximum atomic E-state index is 11.6. The van der Waals surface area contributed by atoms with Gasteiger partial charge in [0.25, 0.3) is 0 Å². The van der Waals surface area contributed by atoms with E-state index in [4.69, 9.17) is 4.74 Å². The Morgan fingerprint density at radius 2 is 2.06 bits per heavy atom. The van der Waals surface area contributed by atoms with Crippen molar-refractivity contribution in [3.63, 3.8) is 0 Å². The molecule has 0 radical (unpaired) electrons. The topological polar surface area (TPSA) is 44.1 Å². The first-order chi connectivity index (χ1) is 7.83. The Kier molecular flexibility index (Phi) is 3.00. The van der Waals surface area contributed by atoms with E-state index in [0.29, 0.717) is 12.3 Å². The molecule has 4 heteroatoms. The molecule has 0 saturated heterocycles. The largest absolute Gasteiger partial charge is 0.461 e. The van der Waals surface area contributed by atoms with Crippen LogP contribution in [0.25, 0.3) is 5.69 Å². The van der Waals surface area contributed by atoms with Crippen molar-refractivity contribution in [2.24, 2.45) is 0 Å². The van der Waals surface area contributed by atoms with Crippen molar-refractivity contribution in [1.82, 2.24) is 9.78 Å². The van der Waals surface area contributed by atoms with Crippen LogP contribution >= 0.6 is 0 Å². The average Bonchev–Trinajstić information content (AvgIpc) is 2.79. The van der Waals surface area contributed by atoms with E-state index in [-0.39, 0.29) is 5.97 Å². The number of esters is 1. The van der Waals surface area contributed by atoms with Crippen LogP contribution in [-0.4, -0.2) is 22.4 Å². The number of rotatable bonds is 3. The van der Waals surface area contributed by atoms with E-state index in [1.54, 1.807) is 23.9 Å². The number of ether oxygens (including phenoxy) is 1. The summed E-state index contributed by atoms with van der Waals surface area (Å²) in [6.45, 7) is 2.14. The highest BCUT2D eigenvalue weighted by atomic mass is 16.5. The van der Waals surface area contributed by atoms with Crippen LogP contribution in [0.2, 0.25) is 0 Å². The fourth-order valence-corrected chi connectivity index (χ4v) is 1.44. The quantitative estimate of drug-likeness (QED) is 0.737. The lowest BCUT2D eigenvalue weighted by atomic mass is 10.3. The maximum Gasteiger partial charge on any atom is 0.357 e. The monoisotopic (exact) mass is 216 g/mol. The molecule has 0 aliphatic carbocycles. The molecule has 2 aromatic rings. The van der Waals surface area contributed by atoms with E-state index in [2.05, 4.69) is 5.10 Å². The molecule has 0 saturated carbocycles. The van der Waals surface area contributed by atoms with Crippen molar-refractivity contribution in [2.45, 2.75) is 6.92 Å². The van der Waals surface area contributed by atoms with Gasteiger partial charge in [0.1, 0.15) is 0 Å². The van der Waals surface area contributed by atoms with Crippen molar-refractivity contribution in [3.8, 4) is 5.69 Å². The zero-order valence-electron chi connectivity index (χ0n) is 8.96. The van der Waals surface area contributed by atoms with E-state index in [9.17, 15) is 4.79 Å². The van der Waals surface area contributed by atoms with Crippen LogP contribution in [0.15, 0.2) is 42.6 Å². The smallest absolute Gasteiger partial charge is 0.357 e. The molecule has 0 fully saturated rings. The predicted molar refractivity (Wildman–Crippen MR) is 59.5 cm³/mol. The highest BCUT2D eigenvalue weighted by Gasteiger charge is 2.13. The van der Waals surface area contributed by atoms with Gasteiger partial charge in [0, 0.05) is 0 Å². The molecule has 1 aromatic heterocycles. The van der Waals surface area contributed by atoms with E-state index in [0.717, 1.165) is 5.69 Å². The first-order valence-corrected chi connectivity index (χ1v) is 5.09. The Bertz CT molecular complexity index is 477. The molecule has 0 aliphatic rings. The Morgan fingerprint density at radius 3 is 2.75 bits per heavy atom. The molecule has 82 valence electrons. The summed E-state index contributed by atoms with van der Waals surface area (Å²) in [5.74, 6) is -0.358. The second-order valence-electron chi connectivity index (χ2n) is 3.18. The number of nitrogens with zero attached hydrogens (tertiary/aromatic N) is 2. The minimum Gasteiger partial charge on any atom is -0.461 e. The van der Waals surface area contributed by atoms with E-state index in [1.807, 2.05) is 30.3 Å². The molecule has 1 heterocycles. The number of carbonyl (C=O) groups is 1. The van der Waals surface area contributed by atoms with Crippen LogP contribution in [0, 0.1) is 0 Å². The molecule has 0 unspecified atom stereocenters. The van der Waals surface area contributed by atoms with Crippen LogP contribution in [0.3, 0.4) is 0 Å². The van der Waals surface area contributed by atoms with Gasteiger partial charge in [0.05, 0.1) is 18.5 Å². The summed E-state index contributed by atoms with van der Waals surface area (Å²) < 4.78 is 6.52. The van der Waals surface area contributed by atoms with Crippen molar-refractivity contribution in [2.75, 3.05) is 6.61 Å². The van der Waals surface area contributed by atoms with Gasteiger partial charge < -0.3 is 4.74 Å². The summed E-state index contributed by atoms with van der Waals surface area (Å²) in [6, 6.07) is 11.1. The van der Waals surface area contributed by atoms with Gasteiger partial charge in [-0.2, -0.15) is 5.10 Å². The number of aromatic nitrogens is 2. The third-order valence-electron chi connectivity index (χ3n) is 2.13. The Balaban J connectivity index is 2.37. The lowest BCUT2D eigenvalue weighted by Gasteiger charge is -2.06. The minimum absolute atomic E-state index is 0.358. The minimum atomic E-state index is -0.358. The Labute approximate surface area is 93.5 Å². The van der Waals surface area contributed by atoms with Gasteiger partial charge in [0.15, 0.2) is 5.69 Å². The number of benzene rings is 1. The molecule has 0 amide bonds. The summed E-state index contributed by atoms with van der Waals surface area (Å²) in [5.41, 5.74) is 1.28. The molecule has 0 aliphatic heterocycles. The van der Waals surface area contributed by atoms with Gasteiger partial charge in [-0.25, -0.2) is 9.48 Å². The molecule has 1 aromatic carbocycles. The molecule has 4 nitrogen and oxygen atoms in total. The molecular formula is C12H12N2O2. The van der Waals surface area contributed by atoms with Crippen LogP contribution in [0.4, 0.5) is 0 Å². The van der Waals surface area contributed by atoms with Crippen molar-refractivity contribution >= 4 is 5.97 Å². The fraction of sp³-hybridized carbons (Fsp3) is 0.167.